The molecule has 3 aromatic rings. The summed E-state index contributed by atoms with van der Waals surface area (Å²) in [6.45, 7) is 2.02. The summed E-state index contributed by atoms with van der Waals surface area (Å²) in [6.07, 6.45) is 0. The molecule has 0 spiro atoms. The van der Waals surface area contributed by atoms with Crippen LogP contribution in [0.4, 0.5) is 5.95 Å². The second-order valence-electron chi connectivity index (χ2n) is 5.02. The van der Waals surface area contributed by atoms with Crippen LogP contribution in [-0.4, -0.2) is 15.1 Å². The van der Waals surface area contributed by atoms with E-state index in [9.17, 15) is 5.11 Å². The number of nitrogens with zero attached hydrogens (tertiary/aromatic N) is 2. The Bertz CT molecular complexity index is 832. The van der Waals surface area contributed by atoms with Gasteiger partial charge >= 0.3 is 0 Å². The van der Waals surface area contributed by atoms with E-state index in [1.807, 2.05) is 31.2 Å². The second kappa shape index (κ2) is 5.66. The number of nitrogens with two attached hydrogens (primary N) is 1. The van der Waals surface area contributed by atoms with Crippen LogP contribution in [0.2, 0.25) is 5.02 Å². The Hall–Kier alpha value is -2.59. The third-order valence-electron chi connectivity index (χ3n) is 3.33. The molecule has 0 aliphatic heterocycles. The van der Waals surface area contributed by atoms with Crippen molar-refractivity contribution in [3.8, 4) is 28.3 Å². The Kier molecular flexibility index (Phi) is 3.69. The number of halogens is 1. The Balaban J connectivity index is 2.14. The minimum Gasteiger partial charge on any atom is -0.507 e. The molecule has 0 atom stereocenters. The quantitative estimate of drug-likeness (QED) is 0.748. The second-order valence-corrected chi connectivity index (χ2v) is 5.46. The molecule has 110 valence electrons. The fraction of sp³-hybridized carbons (Fsp3) is 0.0588. The van der Waals surface area contributed by atoms with Gasteiger partial charge in [0, 0.05) is 16.1 Å². The van der Waals surface area contributed by atoms with E-state index in [0.717, 1.165) is 5.56 Å². The van der Waals surface area contributed by atoms with E-state index in [0.29, 0.717) is 22.0 Å². The zero-order valence-electron chi connectivity index (χ0n) is 11.9. The molecule has 0 aliphatic carbocycles. The van der Waals surface area contributed by atoms with Gasteiger partial charge in [-0.15, -0.1) is 0 Å². The molecule has 3 rings (SSSR count). The first-order chi connectivity index (χ1) is 10.5. The van der Waals surface area contributed by atoms with Crippen molar-refractivity contribution in [2.45, 2.75) is 6.92 Å². The van der Waals surface area contributed by atoms with Crippen molar-refractivity contribution in [3.05, 3.63) is 59.1 Å². The highest BCUT2D eigenvalue weighted by molar-refractivity contribution is 6.30. The molecule has 0 amide bonds. The van der Waals surface area contributed by atoms with Crippen LogP contribution in [0.1, 0.15) is 5.56 Å². The summed E-state index contributed by atoms with van der Waals surface area (Å²) in [4.78, 5) is 8.46. The standard InChI is InChI=1S/C17H14ClN3O/c1-10-2-4-11(5-3-10)14-9-15(21-17(19)20-14)13-8-12(18)6-7-16(13)22/h2-9,22H,1H3,(H2,19,20,21). The monoisotopic (exact) mass is 311 g/mol. The molecule has 3 N–H and O–H groups in total. The topological polar surface area (TPSA) is 72.0 Å². The van der Waals surface area contributed by atoms with Crippen LogP contribution in [0.25, 0.3) is 22.5 Å². The number of hydrogen-bond acceptors (Lipinski definition) is 4. The van der Waals surface area contributed by atoms with Crippen molar-refractivity contribution in [1.82, 2.24) is 9.97 Å². The first kappa shape index (κ1) is 14.4. The highest BCUT2D eigenvalue weighted by atomic mass is 35.5. The van der Waals surface area contributed by atoms with Gasteiger partial charge in [-0.05, 0) is 31.2 Å². The number of benzene rings is 2. The highest BCUT2D eigenvalue weighted by Gasteiger charge is 2.11. The van der Waals surface area contributed by atoms with Crippen molar-refractivity contribution in [2.75, 3.05) is 5.73 Å². The van der Waals surface area contributed by atoms with E-state index in [2.05, 4.69) is 9.97 Å². The molecule has 22 heavy (non-hydrogen) atoms. The molecule has 4 nitrogen and oxygen atoms in total. The predicted octanol–water partition coefficient (Wildman–Crippen LogP) is 4.06. The number of nitrogen functional groups attached to an aromatic ring is 1. The smallest absolute Gasteiger partial charge is 0.221 e. The Labute approximate surface area is 133 Å². The lowest BCUT2D eigenvalue weighted by Gasteiger charge is -2.08. The maximum atomic E-state index is 10.0. The van der Waals surface area contributed by atoms with Gasteiger partial charge in [0.1, 0.15) is 5.75 Å². The zero-order chi connectivity index (χ0) is 15.7. The van der Waals surface area contributed by atoms with E-state index in [4.69, 9.17) is 17.3 Å². The average Bonchev–Trinajstić information content (AvgIpc) is 2.50. The minimum atomic E-state index is 0.0948. The molecule has 5 heteroatoms. The van der Waals surface area contributed by atoms with E-state index in [1.165, 1.54) is 11.6 Å². The summed E-state index contributed by atoms with van der Waals surface area (Å²) in [5, 5.41) is 10.5. The molecule has 0 radical (unpaired) electrons. The van der Waals surface area contributed by atoms with Crippen molar-refractivity contribution >= 4 is 17.5 Å². The molecule has 0 saturated heterocycles. The molecule has 0 aliphatic rings. The third-order valence-corrected chi connectivity index (χ3v) is 3.56. The number of phenols is 1. The van der Waals surface area contributed by atoms with Crippen LogP contribution in [0, 0.1) is 6.92 Å². The summed E-state index contributed by atoms with van der Waals surface area (Å²) >= 11 is 5.99. The van der Waals surface area contributed by atoms with Crippen molar-refractivity contribution in [2.24, 2.45) is 0 Å². The van der Waals surface area contributed by atoms with Crippen LogP contribution < -0.4 is 5.73 Å². The van der Waals surface area contributed by atoms with Crippen molar-refractivity contribution in [3.63, 3.8) is 0 Å². The third kappa shape index (κ3) is 2.87. The summed E-state index contributed by atoms with van der Waals surface area (Å²) < 4.78 is 0. The maximum absolute atomic E-state index is 10.0. The number of rotatable bonds is 2. The first-order valence-corrected chi connectivity index (χ1v) is 7.11. The lowest BCUT2D eigenvalue weighted by Crippen LogP contribution is -1.99. The Morgan fingerprint density at radius 2 is 1.64 bits per heavy atom. The molecule has 1 heterocycles. The fourth-order valence-electron chi connectivity index (χ4n) is 2.19. The van der Waals surface area contributed by atoms with Crippen LogP contribution in [0.15, 0.2) is 48.5 Å². The van der Waals surface area contributed by atoms with Gasteiger partial charge in [0.2, 0.25) is 5.95 Å². The number of anilines is 1. The number of aromatic nitrogens is 2. The lowest BCUT2D eigenvalue weighted by molar-refractivity contribution is 0.477. The van der Waals surface area contributed by atoms with Gasteiger partial charge in [0.15, 0.2) is 0 Å². The molecule has 0 unspecified atom stereocenters. The molecule has 0 bridgehead atoms. The van der Waals surface area contributed by atoms with Crippen molar-refractivity contribution < 1.29 is 5.11 Å². The molecule has 2 aromatic carbocycles. The van der Waals surface area contributed by atoms with Crippen LogP contribution in [0.5, 0.6) is 5.75 Å². The zero-order valence-corrected chi connectivity index (χ0v) is 12.7. The first-order valence-electron chi connectivity index (χ1n) is 6.73. The van der Waals surface area contributed by atoms with Gasteiger partial charge in [0.05, 0.1) is 11.4 Å². The number of aryl methyl sites for hydroxylation is 1. The summed E-state index contributed by atoms with van der Waals surface area (Å²) in [7, 11) is 0. The number of hydrogen-bond donors (Lipinski definition) is 2. The van der Waals surface area contributed by atoms with E-state index < -0.39 is 0 Å². The van der Waals surface area contributed by atoms with Gasteiger partial charge < -0.3 is 10.8 Å². The summed E-state index contributed by atoms with van der Waals surface area (Å²) in [6, 6.07) is 14.5. The minimum absolute atomic E-state index is 0.0948. The maximum Gasteiger partial charge on any atom is 0.221 e. The van der Waals surface area contributed by atoms with Gasteiger partial charge in [-0.3, -0.25) is 0 Å². The highest BCUT2D eigenvalue weighted by Crippen LogP contribution is 2.32. The predicted molar refractivity (Wildman–Crippen MR) is 88.7 cm³/mol. The van der Waals surface area contributed by atoms with Crippen LogP contribution >= 0.6 is 11.6 Å². The molecular weight excluding hydrogens is 298 g/mol. The summed E-state index contributed by atoms with van der Waals surface area (Å²) in [5.74, 6) is 0.241. The Morgan fingerprint density at radius 3 is 2.36 bits per heavy atom. The fourth-order valence-corrected chi connectivity index (χ4v) is 2.36. The number of aromatic hydroxyl groups is 1. The van der Waals surface area contributed by atoms with Crippen LogP contribution in [0.3, 0.4) is 0 Å². The van der Waals surface area contributed by atoms with Gasteiger partial charge in [0.25, 0.3) is 0 Å². The number of phenolic OH excluding ortho intramolecular Hbond substituents is 1. The van der Waals surface area contributed by atoms with E-state index in [-0.39, 0.29) is 11.7 Å². The van der Waals surface area contributed by atoms with Crippen LogP contribution in [-0.2, 0) is 0 Å². The lowest BCUT2D eigenvalue weighted by atomic mass is 10.1. The molecule has 1 aromatic heterocycles. The van der Waals surface area contributed by atoms with E-state index >= 15 is 0 Å². The summed E-state index contributed by atoms with van der Waals surface area (Å²) in [5.41, 5.74) is 9.66. The Morgan fingerprint density at radius 1 is 0.955 bits per heavy atom. The van der Waals surface area contributed by atoms with Gasteiger partial charge in [-0.1, -0.05) is 41.4 Å². The van der Waals surface area contributed by atoms with Gasteiger partial charge in [-0.25, -0.2) is 9.97 Å². The SMILES string of the molecule is Cc1ccc(-c2cc(-c3cc(Cl)ccc3O)nc(N)n2)cc1. The molecule has 0 fully saturated rings. The normalized spacial score (nSPS) is 10.6. The van der Waals surface area contributed by atoms with Gasteiger partial charge in [-0.2, -0.15) is 0 Å². The molecular formula is C17H14ClN3O. The average molecular weight is 312 g/mol. The largest absolute Gasteiger partial charge is 0.507 e. The van der Waals surface area contributed by atoms with E-state index in [1.54, 1.807) is 18.2 Å². The molecule has 0 saturated carbocycles. The van der Waals surface area contributed by atoms with Crippen molar-refractivity contribution in [1.29, 1.82) is 0 Å².